The molecular weight excluding hydrogens is 326 g/mol. The Hall–Kier alpha value is -2.05. The van der Waals surface area contributed by atoms with Crippen molar-refractivity contribution >= 4 is 15.7 Å². The lowest BCUT2D eigenvalue weighted by atomic mass is 10.1. The van der Waals surface area contributed by atoms with Crippen LogP contribution in [0.4, 0.5) is 5.69 Å². The zero-order valence-corrected chi connectivity index (χ0v) is 14.9. The summed E-state index contributed by atoms with van der Waals surface area (Å²) in [4.78, 5) is 0.325. The summed E-state index contributed by atoms with van der Waals surface area (Å²) in [6, 6.07) is 8.96. The number of methoxy groups -OCH3 is 1. The van der Waals surface area contributed by atoms with Gasteiger partial charge in [0.15, 0.2) is 0 Å². The molecule has 3 rings (SSSR count). The van der Waals surface area contributed by atoms with Gasteiger partial charge >= 0.3 is 0 Å². The van der Waals surface area contributed by atoms with E-state index in [9.17, 15) is 13.5 Å². The number of fused-ring (bicyclic) bond motifs is 1. The van der Waals surface area contributed by atoms with Gasteiger partial charge in [0.25, 0.3) is 10.0 Å². The van der Waals surface area contributed by atoms with Crippen LogP contribution in [0.5, 0.6) is 5.75 Å². The Bertz CT molecular complexity index is 867. The molecule has 6 heteroatoms. The third-order valence-electron chi connectivity index (χ3n) is 4.40. The van der Waals surface area contributed by atoms with Crippen LogP contribution in [0, 0.1) is 13.8 Å². The molecule has 0 aromatic heterocycles. The van der Waals surface area contributed by atoms with Gasteiger partial charge in [-0.05, 0) is 60.7 Å². The van der Waals surface area contributed by atoms with Crippen molar-refractivity contribution < 1.29 is 18.3 Å². The van der Waals surface area contributed by atoms with Gasteiger partial charge in [-0.2, -0.15) is 0 Å². The fourth-order valence-electron chi connectivity index (χ4n) is 3.29. The van der Waals surface area contributed by atoms with Gasteiger partial charge < -0.3 is 9.84 Å². The average Bonchev–Trinajstić information content (AvgIpc) is 2.97. The lowest BCUT2D eigenvalue weighted by Gasteiger charge is -2.23. The number of aliphatic hydroxyl groups excluding tert-OH is 1. The topological polar surface area (TPSA) is 66.8 Å². The molecule has 128 valence electrons. The van der Waals surface area contributed by atoms with Crippen LogP contribution in [0.2, 0.25) is 0 Å². The number of sulfonamides is 1. The Morgan fingerprint density at radius 1 is 1.17 bits per heavy atom. The molecule has 0 bridgehead atoms. The van der Waals surface area contributed by atoms with Crippen molar-refractivity contribution in [3.63, 3.8) is 0 Å². The van der Waals surface area contributed by atoms with E-state index in [1.54, 1.807) is 39.2 Å². The highest BCUT2D eigenvalue weighted by molar-refractivity contribution is 7.93. The number of rotatable bonds is 4. The largest absolute Gasteiger partial charge is 0.497 e. The number of aliphatic hydroxyl groups is 1. The van der Waals surface area contributed by atoms with E-state index in [1.165, 1.54) is 4.31 Å². The summed E-state index contributed by atoms with van der Waals surface area (Å²) in [5.74, 6) is 0.647. The number of benzene rings is 2. The Kier molecular flexibility index (Phi) is 4.27. The van der Waals surface area contributed by atoms with Crippen molar-refractivity contribution in [1.29, 1.82) is 0 Å². The van der Waals surface area contributed by atoms with Gasteiger partial charge in [0.05, 0.1) is 24.3 Å². The maximum atomic E-state index is 13.3. The number of anilines is 1. The van der Waals surface area contributed by atoms with Crippen molar-refractivity contribution in [3.8, 4) is 5.75 Å². The van der Waals surface area contributed by atoms with Crippen LogP contribution in [-0.2, 0) is 23.1 Å². The van der Waals surface area contributed by atoms with Crippen LogP contribution in [0.3, 0.4) is 0 Å². The Morgan fingerprint density at radius 2 is 1.83 bits per heavy atom. The monoisotopic (exact) mass is 347 g/mol. The summed E-state index contributed by atoms with van der Waals surface area (Å²) in [6.07, 6.45) is 0.675. The molecular formula is C18H21NO4S. The predicted molar refractivity (Wildman–Crippen MR) is 93.1 cm³/mol. The number of nitrogens with zero attached hydrogens (tertiary/aromatic N) is 1. The molecule has 2 aromatic carbocycles. The van der Waals surface area contributed by atoms with Crippen LogP contribution in [-0.4, -0.2) is 27.2 Å². The highest BCUT2D eigenvalue weighted by atomic mass is 32.2. The first-order valence-electron chi connectivity index (χ1n) is 7.79. The predicted octanol–water partition coefficient (Wildman–Crippen LogP) is 2.56. The van der Waals surface area contributed by atoms with Crippen LogP contribution >= 0.6 is 0 Å². The maximum Gasteiger partial charge on any atom is 0.264 e. The Morgan fingerprint density at radius 3 is 2.42 bits per heavy atom. The number of hydrogen-bond acceptors (Lipinski definition) is 4. The molecule has 1 N–H and O–H groups in total. The molecule has 0 saturated heterocycles. The van der Waals surface area contributed by atoms with E-state index in [4.69, 9.17) is 4.74 Å². The molecule has 0 spiro atoms. The van der Waals surface area contributed by atoms with E-state index < -0.39 is 10.0 Å². The van der Waals surface area contributed by atoms with Gasteiger partial charge in [0.2, 0.25) is 0 Å². The third-order valence-corrected chi connectivity index (χ3v) is 6.52. The van der Waals surface area contributed by atoms with E-state index in [-0.39, 0.29) is 6.61 Å². The first-order chi connectivity index (χ1) is 11.4. The standard InChI is InChI=1S/C18H21NO4S/c1-12-8-16(23-3)9-13(2)18(12)24(21,22)19-7-6-15-5-4-14(11-20)10-17(15)19/h4-5,8-10,20H,6-7,11H2,1-3H3. The number of hydrogen-bond donors (Lipinski definition) is 1. The number of ether oxygens (including phenoxy) is 1. The molecule has 0 saturated carbocycles. The second-order valence-electron chi connectivity index (χ2n) is 6.04. The van der Waals surface area contributed by atoms with E-state index in [1.807, 2.05) is 12.1 Å². The summed E-state index contributed by atoms with van der Waals surface area (Å²) in [7, 11) is -2.10. The summed E-state index contributed by atoms with van der Waals surface area (Å²) in [5.41, 5.74) is 3.69. The van der Waals surface area contributed by atoms with Gasteiger partial charge in [-0.3, -0.25) is 4.31 Å². The molecule has 0 atom stereocenters. The Balaban J connectivity index is 2.12. The van der Waals surface area contributed by atoms with Crippen molar-refractivity contribution in [2.75, 3.05) is 18.0 Å². The molecule has 5 nitrogen and oxygen atoms in total. The molecule has 0 amide bonds. The van der Waals surface area contributed by atoms with E-state index in [0.717, 1.165) is 5.56 Å². The molecule has 24 heavy (non-hydrogen) atoms. The smallest absolute Gasteiger partial charge is 0.264 e. The average molecular weight is 347 g/mol. The van der Waals surface area contributed by atoms with Gasteiger partial charge in [-0.15, -0.1) is 0 Å². The maximum absolute atomic E-state index is 13.3. The fraction of sp³-hybridized carbons (Fsp3) is 0.333. The van der Waals surface area contributed by atoms with Crippen LogP contribution in [0.1, 0.15) is 22.3 Å². The summed E-state index contributed by atoms with van der Waals surface area (Å²) in [6.45, 7) is 3.87. The van der Waals surface area contributed by atoms with Gasteiger partial charge in [0.1, 0.15) is 5.75 Å². The van der Waals surface area contributed by atoms with Crippen molar-refractivity contribution in [2.24, 2.45) is 0 Å². The normalized spacial score (nSPS) is 13.9. The first kappa shape index (κ1) is 16.8. The summed E-state index contributed by atoms with van der Waals surface area (Å²) >= 11 is 0. The molecule has 1 aliphatic rings. The van der Waals surface area contributed by atoms with Gasteiger partial charge in [0, 0.05) is 6.54 Å². The van der Waals surface area contributed by atoms with E-state index >= 15 is 0 Å². The highest BCUT2D eigenvalue weighted by Crippen LogP contribution is 2.36. The highest BCUT2D eigenvalue weighted by Gasteiger charge is 2.33. The van der Waals surface area contributed by atoms with Crippen LogP contribution in [0.25, 0.3) is 0 Å². The fourth-order valence-corrected chi connectivity index (χ4v) is 5.20. The second-order valence-corrected chi connectivity index (χ2v) is 7.84. The molecule has 2 aromatic rings. The van der Waals surface area contributed by atoms with Crippen molar-refractivity contribution in [3.05, 3.63) is 52.6 Å². The van der Waals surface area contributed by atoms with E-state index in [0.29, 0.717) is 46.0 Å². The van der Waals surface area contributed by atoms with Crippen molar-refractivity contribution in [1.82, 2.24) is 0 Å². The zero-order chi connectivity index (χ0) is 17.5. The summed E-state index contributed by atoms with van der Waals surface area (Å²) < 4.78 is 33.2. The lowest BCUT2D eigenvalue weighted by Crippen LogP contribution is -2.30. The van der Waals surface area contributed by atoms with Crippen molar-refractivity contribution in [2.45, 2.75) is 31.8 Å². The van der Waals surface area contributed by atoms with E-state index in [2.05, 4.69) is 0 Å². The molecule has 1 heterocycles. The van der Waals surface area contributed by atoms with Crippen LogP contribution in [0.15, 0.2) is 35.2 Å². The van der Waals surface area contributed by atoms with Gasteiger partial charge in [-0.25, -0.2) is 8.42 Å². The lowest BCUT2D eigenvalue weighted by molar-refractivity contribution is 0.282. The Labute approximate surface area is 142 Å². The number of aryl methyl sites for hydroxylation is 2. The minimum absolute atomic E-state index is 0.109. The second kappa shape index (κ2) is 6.11. The zero-order valence-electron chi connectivity index (χ0n) is 14.0. The minimum atomic E-state index is -3.67. The molecule has 0 unspecified atom stereocenters. The first-order valence-corrected chi connectivity index (χ1v) is 9.23. The molecule has 0 fully saturated rings. The van der Waals surface area contributed by atoms with Crippen LogP contribution < -0.4 is 9.04 Å². The molecule has 0 aliphatic carbocycles. The minimum Gasteiger partial charge on any atom is -0.497 e. The third kappa shape index (κ3) is 2.65. The summed E-state index contributed by atoms with van der Waals surface area (Å²) in [5, 5.41) is 9.34. The molecule has 1 aliphatic heterocycles. The molecule has 0 radical (unpaired) electrons. The quantitative estimate of drug-likeness (QED) is 0.923. The SMILES string of the molecule is COc1cc(C)c(S(=O)(=O)N2CCc3ccc(CO)cc32)c(C)c1. The van der Waals surface area contributed by atoms with Gasteiger partial charge in [-0.1, -0.05) is 12.1 Å².